The highest BCUT2D eigenvalue weighted by molar-refractivity contribution is 6.25. The summed E-state index contributed by atoms with van der Waals surface area (Å²) in [5.74, 6) is -0.512. The lowest BCUT2D eigenvalue weighted by Crippen LogP contribution is -1.90. The van der Waals surface area contributed by atoms with Gasteiger partial charge in [0.05, 0.1) is 0 Å². The topological polar surface area (TPSA) is 26.3 Å². The molecule has 0 bridgehead atoms. The van der Waals surface area contributed by atoms with Gasteiger partial charge in [-0.1, -0.05) is 18.2 Å². The molecule has 0 aromatic carbocycles. The van der Waals surface area contributed by atoms with Gasteiger partial charge in [0.15, 0.2) is 0 Å². The first-order valence-electron chi connectivity index (χ1n) is 1.89. The number of hydrogen-bond donors (Lipinski definition) is 0. The molecule has 0 saturated heterocycles. The van der Waals surface area contributed by atoms with E-state index in [9.17, 15) is 4.79 Å². The SMILES string of the molecule is C=CC(=O)OC=CCl. The van der Waals surface area contributed by atoms with Crippen molar-refractivity contribution in [3.63, 3.8) is 0 Å². The summed E-state index contributed by atoms with van der Waals surface area (Å²) in [5, 5.41) is 0. The summed E-state index contributed by atoms with van der Waals surface area (Å²) in [5.41, 5.74) is 1.10. The quantitative estimate of drug-likeness (QED) is 0.323. The van der Waals surface area contributed by atoms with Crippen LogP contribution in [0.1, 0.15) is 0 Å². The van der Waals surface area contributed by atoms with Gasteiger partial charge < -0.3 is 4.74 Å². The van der Waals surface area contributed by atoms with Gasteiger partial charge in [0.1, 0.15) is 6.26 Å². The van der Waals surface area contributed by atoms with Crippen LogP contribution in [0.2, 0.25) is 0 Å². The molecule has 2 nitrogen and oxygen atoms in total. The Kier molecular flexibility index (Phi) is 3.98. The fourth-order valence-electron chi connectivity index (χ4n) is 0.141. The van der Waals surface area contributed by atoms with Crippen molar-refractivity contribution in [2.45, 2.75) is 0 Å². The van der Waals surface area contributed by atoms with Crippen LogP contribution in [0, 0.1) is 0 Å². The molecular weight excluding hydrogens is 128 g/mol. The Morgan fingerprint density at radius 1 is 1.75 bits per heavy atom. The molecule has 0 aliphatic rings. The van der Waals surface area contributed by atoms with Crippen LogP contribution in [0.5, 0.6) is 0 Å². The fourth-order valence-corrected chi connectivity index (χ4v) is 0.192. The van der Waals surface area contributed by atoms with Crippen LogP contribution in [-0.2, 0) is 9.53 Å². The van der Waals surface area contributed by atoms with Gasteiger partial charge in [-0.25, -0.2) is 4.79 Å². The minimum absolute atomic E-state index is 0.512. The molecule has 0 aliphatic heterocycles. The Morgan fingerprint density at radius 2 is 2.38 bits per heavy atom. The van der Waals surface area contributed by atoms with Crippen molar-refractivity contribution in [1.82, 2.24) is 0 Å². The predicted molar refractivity (Wildman–Crippen MR) is 31.3 cm³/mol. The molecule has 3 heteroatoms. The Bertz CT molecular complexity index is 118. The van der Waals surface area contributed by atoms with Crippen molar-refractivity contribution in [3.8, 4) is 0 Å². The number of hydrogen-bond acceptors (Lipinski definition) is 2. The van der Waals surface area contributed by atoms with E-state index in [1.54, 1.807) is 0 Å². The van der Waals surface area contributed by atoms with Crippen LogP contribution >= 0.6 is 11.6 Å². The number of carbonyl (C=O) groups excluding carboxylic acids is 1. The van der Waals surface area contributed by atoms with Crippen LogP contribution < -0.4 is 0 Å². The third-order valence-corrected chi connectivity index (χ3v) is 0.505. The van der Waals surface area contributed by atoms with Gasteiger partial charge >= 0.3 is 5.97 Å². The van der Waals surface area contributed by atoms with Gasteiger partial charge in [-0.3, -0.25) is 0 Å². The van der Waals surface area contributed by atoms with E-state index in [1.165, 1.54) is 0 Å². The van der Waals surface area contributed by atoms with Gasteiger partial charge in [-0.15, -0.1) is 0 Å². The molecule has 0 unspecified atom stereocenters. The number of ether oxygens (including phenoxy) is 1. The Balaban J connectivity index is 3.39. The minimum Gasteiger partial charge on any atom is -0.430 e. The van der Waals surface area contributed by atoms with Gasteiger partial charge in [0.2, 0.25) is 0 Å². The van der Waals surface area contributed by atoms with Crippen LogP contribution in [0.3, 0.4) is 0 Å². The maximum atomic E-state index is 10.1. The molecule has 0 amide bonds. The van der Waals surface area contributed by atoms with E-state index in [4.69, 9.17) is 11.6 Å². The molecule has 0 fully saturated rings. The first-order valence-corrected chi connectivity index (χ1v) is 2.33. The molecule has 0 heterocycles. The lowest BCUT2D eigenvalue weighted by Gasteiger charge is -1.86. The summed E-state index contributed by atoms with van der Waals surface area (Å²) < 4.78 is 4.27. The van der Waals surface area contributed by atoms with Crippen molar-refractivity contribution in [3.05, 3.63) is 24.5 Å². The van der Waals surface area contributed by atoms with Crippen molar-refractivity contribution in [2.24, 2.45) is 0 Å². The summed E-state index contributed by atoms with van der Waals surface area (Å²) in [6.45, 7) is 3.16. The molecule has 0 aromatic rings. The highest BCUT2D eigenvalue weighted by Crippen LogP contribution is 1.82. The van der Waals surface area contributed by atoms with Gasteiger partial charge in [0.25, 0.3) is 0 Å². The third kappa shape index (κ3) is 3.43. The molecule has 0 spiro atoms. The number of carbonyl (C=O) groups is 1. The van der Waals surface area contributed by atoms with Gasteiger partial charge in [-0.05, 0) is 0 Å². The standard InChI is InChI=1S/C5H5ClO2/c1-2-5(7)8-4-3-6/h2-4H,1H2. The third-order valence-electron chi connectivity index (χ3n) is 0.402. The van der Waals surface area contributed by atoms with Crippen molar-refractivity contribution in [1.29, 1.82) is 0 Å². The summed E-state index contributed by atoms with van der Waals surface area (Å²) in [6, 6.07) is 0. The van der Waals surface area contributed by atoms with Crippen molar-refractivity contribution < 1.29 is 9.53 Å². The zero-order valence-corrected chi connectivity index (χ0v) is 4.89. The van der Waals surface area contributed by atoms with E-state index in [0.29, 0.717) is 0 Å². The molecular formula is C5H5ClO2. The molecule has 44 valence electrons. The molecule has 8 heavy (non-hydrogen) atoms. The normalized spacial score (nSPS) is 9.12. The lowest BCUT2D eigenvalue weighted by atomic mass is 10.7. The summed E-state index contributed by atoms with van der Waals surface area (Å²) in [6.07, 6.45) is 2.13. The second-order valence-electron chi connectivity index (χ2n) is 0.903. The minimum atomic E-state index is -0.512. The van der Waals surface area contributed by atoms with E-state index in [1.807, 2.05) is 0 Å². The average molecular weight is 133 g/mol. The van der Waals surface area contributed by atoms with E-state index < -0.39 is 5.97 Å². The number of halogens is 1. The first-order chi connectivity index (χ1) is 3.81. The predicted octanol–water partition coefficient (Wildman–Crippen LogP) is 1.43. The summed E-state index contributed by atoms with van der Waals surface area (Å²) >= 11 is 5.01. The van der Waals surface area contributed by atoms with E-state index in [2.05, 4.69) is 11.3 Å². The molecule has 0 rings (SSSR count). The van der Waals surface area contributed by atoms with E-state index in [0.717, 1.165) is 17.9 Å². The fraction of sp³-hybridized carbons (Fsp3) is 0. The van der Waals surface area contributed by atoms with Crippen LogP contribution in [0.4, 0.5) is 0 Å². The largest absolute Gasteiger partial charge is 0.430 e. The van der Waals surface area contributed by atoms with Gasteiger partial charge in [0, 0.05) is 11.6 Å². The maximum Gasteiger partial charge on any atom is 0.334 e. The lowest BCUT2D eigenvalue weighted by molar-refractivity contribution is -0.132. The molecule has 0 radical (unpaired) electrons. The molecule has 0 N–H and O–H groups in total. The Hall–Kier alpha value is -0.760. The maximum absolute atomic E-state index is 10.1. The highest BCUT2D eigenvalue weighted by Gasteiger charge is 1.86. The molecule has 0 aliphatic carbocycles. The summed E-state index contributed by atoms with van der Waals surface area (Å²) in [4.78, 5) is 10.1. The molecule has 0 aromatic heterocycles. The second-order valence-corrected chi connectivity index (χ2v) is 1.16. The van der Waals surface area contributed by atoms with E-state index in [-0.39, 0.29) is 0 Å². The molecule has 0 saturated carbocycles. The highest BCUT2D eigenvalue weighted by atomic mass is 35.5. The smallest absolute Gasteiger partial charge is 0.334 e. The first kappa shape index (κ1) is 7.24. The van der Waals surface area contributed by atoms with Crippen LogP contribution in [0.25, 0.3) is 0 Å². The van der Waals surface area contributed by atoms with Crippen LogP contribution in [-0.4, -0.2) is 5.97 Å². The Morgan fingerprint density at radius 3 is 2.75 bits per heavy atom. The molecule has 0 atom stereocenters. The van der Waals surface area contributed by atoms with Gasteiger partial charge in [-0.2, -0.15) is 0 Å². The van der Waals surface area contributed by atoms with Crippen molar-refractivity contribution >= 4 is 17.6 Å². The zero-order valence-electron chi connectivity index (χ0n) is 4.13. The second kappa shape index (κ2) is 4.40. The summed E-state index contributed by atoms with van der Waals surface area (Å²) in [7, 11) is 0. The van der Waals surface area contributed by atoms with E-state index >= 15 is 0 Å². The monoisotopic (exact) mass is 132 g/mol. The average Bonchev–Trinajstić information content (AvgIpc) is 1.83. The van der Waals surface area contributed by atoms with Crippen molar-refractivity contribution in [2.75, 3.05) is 0 Å². The van der Waals surface area contributed by atoms with Crippen LogP contribution in [0.15, 0.2) is 24.5 Å². The number of esters is 1. The zero-order chi connectivity index (χ0) is 6.41. The Labute approximate surface area is 52.4 Å². The number of rotatable bonds is 2.